The largest absolute Gasteiger partial charge is 0.507 e. The number of carboxylic acids is 1. The lowest BCUT2D eigenvalue weighted by Gasteiger charge is -2.10. The van der Waals surface area contributed by atoms with Gasteiger partial charge in [-0.25, -0.2) is 14.8 Å². The number of nitrogens with one attached hydrogen (secondary N) is 1. The number of aromatic nitrogens is 2. The first-order valence-electron chi connectivity index (χ1n) is 10.1. The molecule has 0 aliphatic heterocycles. The highest BCUT2D eigenvalue weighted by molar-refractivity contribution is 5.91. The molecule has 0 saturated carbocycles. The fourth-order valence-electron chi connectivity index (χ4n) is 3.09. The Hall–Kier alpha value is -4.80. The van der Waals surface area contributed by atoms with E-state index < -0.39 is 17.7 Å². The Balaban J connectivity index is 1.59. The monoisotopic (exact) mass is 479 g/mol. The second kappa shape index (κ2) is 9.59. The fourth-order valence-corrected chi connectivity index (χ4v) is 3.09. The maximum Gasteiger partial charge on any atom is 0.416 e. The van der Waals surface area contributed by atoms with Gasteiger partial charge in [0.05, 0.1) is 22.6 Å². The predicted molar refractivity (Wildman–Crippen MR) is 121 cm³/mol. The number of halogens is 3. The number of nitrogens with zero attached hydrogens (tertiary/aromatic N) is 4. The van der Waals surface area contributed by atoms with Gasteiger partial charge in [0, 0.05) is 17.4 Å². The summed E-state index contributed by atoms with van der Waals surface area (Å²) in [5.74, 6) is -1.52. The van der Waals surface area contributed by atoms with Crippen molar-refractivity contribution in [1.82, 2.24) is 9.97 Å². The lowest BCUT2D eigenvalue weighted by atomic mass is 10.1. The molecule has 1 heterocycles. The number of rotatable bonds is 6. The molecular formula is C24H16F3N5O3. The number of anilines is 2. The van der Waals surface area contributed by atoms with E-state index in [4.69, 9.17) is 5.11 Å². The molecular weight excluding hydrogens is 463 g/mol. The number of aromatic carboxylic acids is 1. The Morgan fingerprint density at radius 1 is 0.943 bits per heavy atom. The Morgan fingerprint density at radius 2 is 1.69 bits per heavy atom. The van der Waals surface area contributed by atoms with E-state index in [0.29, 0.717) is 22.6 Å². The molecule has 8 nitrogen and oxygen atoms in total. The van der Waals surface area contributed by atoms with Gasteiger partial charge in [0.25, 0.3) is 0 Å². The van der Waals surface area contributed by atoms with Crippen LogP contribution in [0.5, 0.6) is 5.75 Å². The molecule has 0 spiro atoms. The van der Waals surface area contributed by atoms with Crippen molar-refractivity contribution in [3.8, 4) is 17.0 Å². The van der Waals surface area contributed by atoms with Crippen LogP contribution in [0.4, 0.5) is 36.2 Å². The van der Waals surface area contributed by atoms with Crippen molar-refractivity contribution in [1.29, 1.82) is 0 Å². The molecule has 4 rings (SSSR count). The average Bonchev–Trinajstić information content (AvgIpc) is 2.83. The number of benzene rings is 3. The molecule has 0 unspecified atom stereocenters. The van der Waals surface area contributed by atoms with Gasteiger partial charge in [0.2, 0.25) is 5.95 Å². The summed E-state index contributed by atoms with van der Waals surface area (Å²) in [7, 11) is 0. The number of carboxylic acid groups (broad SMARTS) is 1. The molecule has 3 N–H and O–H groups in total. The normalized spacial score (nSPS) is 11.5. The first kappa shape index (κ1) is 23.4. The van der Waals surface area contributed by atoms with Crippen molar-refractivity contribution in [3.05, 3.63) is 90.1 Å². The summed E-state index contributed by atoms with van der Waals surface area (Å²) in [6.07, 6.45) is -2.94. The van der Waals surface area contributed by atoms with Crippen molar-refractivity contribution in [2.45, 2.75) is 6.18 Å². The van der Waals surface area contributed by atoms with E-state index in [1.54, 1.807) is 30.3 Å². The molecule has 0 aliphatic carbocycles. The summed E-state index contributed by atoms with van der Waals surface area (Å²) in [4.78, 5) is 19.7. The van der Waals surface area contributed by atoms with Crippen LogP contribution in [-0.2, 0) is 6.18 Å². The first-order valence-corrected chi connectivity index (χ1v) is 10.1. The standard InChI is InChI=1S/C24H16F3N5O3/c25-24(26,27)14-5-7-15(8-6-14)29-23-28-12-11-19(30-23)17-3-1-2-4-20(17)32-31-16-9-10-21(33)18(13-16)22(34)35/h1-13,33H,(H,34,35)(H,28,29,30)/b32-31+. The van der Waals surface area contributed by atoms with Crippen LogP contribution in [0.3, 0.4) is 0 Å². The summed E-state index contributed by atoms with van der Waals surface area (Å²) in [5, 5.41) is 29.9. The minimum Gasteiger partial charge on any atom is -0.507 e. The Labute approximate surface area is 196 Å². The number of phenols is 1. The van der Waals surface area contributed by atoms with Crippen LogP contribution in [0, 0.1) is 0 Å². The molecule has 0 fully saturated rings. The van der Waals surface area contributed by atoms with E-state index in [1.807, 2.05) is 0 Å². The molecule has 1 aromatic heterocycles. The molecule has 4 aromatic rings. The van der Waals surface area contributed by atoms with Gasteiger partial charge in [-0.05, 0) is 54.6 Å². The second-order valence-corrected chi connectivity index (χ2v) is 7.19. The van der Waals surface area contributed by atoms with E-state index in [9.17, 15) is 23.1 Å². The molecule has 0 bridgehead atoms. The summed E-state index contributed by atoms with van der Waals surface area (Å²) in [6, 6.07) is 16.9. The Bertz CT molecular complexity index is 1410. The smallest absolute Gasteiger partial charge is 0.416 e. The average molecular weight is 479 g/mol. The topological polar surface area (TPSA) is 120 Å². The van der Waals surface area contributed by atoms with Crippen LogP contribution >= 0.6 is 0 Å². The lowest BCUT2D eigenvalue weighted by Crippen LogP contribution is -2.04. The van der Waals surface area contributed by atoms with Gasteiger partial charge < -0.3 is 15.5 Å². The molecule has 11 heteroatoms. The summed E-state index contributed by atoms with van der Waals surface area (Å²) in [5.41, 5.74) is 1.03. The molecule has 0 amide bonds. The van der Waals surface area contributed by atoms with Crippen LogP contribution in [0.15, 0.2) is 89.2 Å². The minimum absolute atomic E-state index is 0.165. The number of alkyl halides is 3. The molecule has 3 aromatic carbocycles. The predicted octanol–water partition coefficient (Wildman–Crippen LogP) is 6.73. The van der Waals surface area contributed by atoms with Gasteiger partial charge >= 0.3 is 12.1 Å². The molecule has 0 radical (unpaired) electrons. The van der Waals surface area contributed by atoms with Crippen molar-refractivity contribution < 1.29 is 28.2 Å². The van der Waals surface area contributed by atoms with Crippen molar-refractivity contribution >= 4 is 29.0 Å². The van der Waals surface area contributed by atoms with E-state index >= 15 is 0 Å². The maximum absolute atomic E-state index is 12.8. The summed E-state index contributed by atoms with van der Waals surface area (Å²) >= 11 is 0. The van der Waals surface area contributed by atoms with Crippen molar-refractivity contribution in [2.75, 3.05) is 5.32 Å². The van der Waals surface area contributed by atoms with Gasteiger partial charge in [0.1, 0.15) is 11.3 Å². The zero-order chi connectivity index (χ0) is 25.0. The minimum atomic E-state index is -4.43. The number of hydrogen-bond donors (Lipinski definition) is 3. The van der Waals surface area contributed by atoms with Crippen LogP contribution in [0.2, 0.25) is 0 Å². The maximum atomic E-state index is 12.8. The molecule has 0 aliphatic rings. The number of carbonyl (C=O) groups is 1. The Morgan fingerprint density at radius 3 is 2.40 bits per heavy atom. The lowest BCUT2D eigenvalue weighted by molar-refractivity contribution is -0.137. The van der Waals surface area contributed by atoms with Crippen LogP contribution in [0.25, 0.3) is 11.3 Å². The highest BCUT2D eigenvalue weighted by Crippen LogP contribution is 2.33. The SMILES string of the molecule is O=C(O)c1cc(/N=N/c2ccccc2-c2ccnc(Nc3ccc(C(F)(F)F)cc3)n2)ccc1O. The van der Waals surface area contributed by atoms with E-state index in [0.717, 1.165) is 12.1 Å². The van der Waals surface area contributed by atoms with Crippen LogP contribution in [-0.4, -0.2) is 26.2 Å². The summed E-state index contributed by atoms with van der Waals surface area (Å²) < 4.78 is 38.3. The second-order valence-electron chi connectivity index (χ2n) is 7.19. The molecule has 35 heavy (non-hydrogen) atoms. The third kappa shape index (κ3) is 5.58. The third-order valence-electron chi connectivity index (χ3n) is 4.79. The zero-order valence-electron chi connectivity index (χ0n) is 17.7. The molecule has 176 valence electrons. The number of hydrogen-bond acceptors (Lipinski definition) is 7. The van der Waals surface area contributed by atoms with Gasteiger partial charge in [-0.1, -0.05) is 18.2 Å². The van der Waals surface area contributed by atoms with E-state index in [1.165, 1.54) is 36.5 Å². The van der Waals surface area contributed by atoms with Gasteiger partial charge in [0.15, 0.2) is 0 Å². The summed E-state index contributed by atoms with van der Waals surface area (Å²) in [6.45, 7) is 0. The molecule has 0 atom stereocenters. The number of azo groups is 1. The third-order valence-corrected chi connectivity index (χ3v) is 4.79. The highest BCUT2D eigenvalue weighted by Gasteiger charge is 2.29. The van der Waals surface area contributed by atoms with E-state index in [2.05, 4.69) is 25.5 Å². The molecule has 0 saturated heterocycles. The van der Waals surface area contributed by atoms with Crippen molar-refractivity contribution in [3.63, 3.8) is 0 Å². The van der Waals surface area contributed by atoms with Gasteiger partial charge in [-0.15, -0.1) is 5.11 Å². The van der Waals surface area contributed by atoms with Crippen LogP contribution < -0.4 is 5.32 Å². The first-order chi connectivity index (χ1) is 16.7. The van der Waals surface area contributed by atoms with E-state index in [-0.39, 0.29) is 22.9 Å². The van der Waals surface area contributed by atoms with Gasteiger partial charge in [-0.3, -0.25) is 0 Å². The van der Waals surface area contributed by atoms with Crippen molar-refractivity contribution in [2.24, 2.45) is 10.2 Å². The van der Waals surface area contributed by atoms with Gasteiger partial charge in [-0.2, -0.15) is 18.3 Å². The zero-order valence-corrected chi connectivity index (χ0v) is 17.7. The Kier molecular flexibility index (Phi) is 6.40. The fraction of sp³-hybridized carbons (Fsp3) is 0.0417. The van der Waals surface area contributed by atoms with Crippen LogP contribution in [0.1, 0.15) is 15.9 Å². The highest BCUT2D eigenvalue weighted by atomic mass is 19.4. The number of aromatic hydroxyl groups is 1. The quantitative estimate of drug-likeness (QED) is 0.264.